The van der Waals surface area contributed by atoms with E-state index in [9.17, 15) is 9.59 Å². The summed E-state index contributed by atoms with van der Waals surface area (Å²) in [4.78, 5) is 23.3. The first kappa shape index (κ1) is 14.8. The van der Waals surface area contributed by atoms with Crippen LogP contribution >= 0.6 is 11.6 Å². The number of amides is 1. The van der Waals surface area contributed by atoms with Crippen molar-refractivity contribution in [2.75, 3.05) is 19.0 Å². The van der Waals surface area contributed by atoms with Crippen molar-refractivity contribution in [2.24, 2.45) is 0 Å². The molecule has 1 aliphatic heterocycles. The van der Waals surface area contributed by atoms with Crippen molar-refractivity contribution in [3.05, 3.63) is 28.8 Å². The molecule has 1 amide bonds. The summed E-state index contributed by atoms with van der Waals surface area (Å²) in [6.07, 6.45) is 2.57. The topological polar surface area (TPSA) is 67.4 Å². The summed E-state index contributed by atoms with van der Waals surface area (Å²) in [6.45, 7) is 0.970. The van der Waals surface area contributed by atoms with Gasteiger partial charge in [-0.2, -0.15) is 0 Å². The number of carbonyl (C=O) groups is 2. The summed E-state index contributed by atoms with van der Waals surface area (Å²) in [5.74, 6) is -0.561. The van der Waals surface area contributed by atoms with Gasteiger partial charge in [0.15, 0.2) is 0 Å². The van der Waals surface area contributed by atoms with E-state index in [0.29, 0.717) is 12.1 Å². The first-order chi connectivity index (χ1) is 9.60. The van der Waals surface area contributed by atoms with Gasteiger partial charge in [-0.15, -0.1) is 0 Å². The number of hydrogen-bond donors (Lipinski definition) is 2. The van der Waals surface area contributed by atoms with Gasteiger partial charge in [0.2, 0.25) is 5.91 Å². The van der Waals surface area contributed by atoms with Crippen LogP contribution in [0.15, 0.2) is 18.2 Å². The summed E-state index contributed by atoms with van der Waals surface area (Å²) >= 11 is 5.99. The molecular weight excluding hydrogens is 280 g/mol. The van der Waals surface area contributed by atoms with Crippen LogP contribution in [0.25, 0.3) is 0 Å². The molecule has 20 heavy (non-hydrogen) atoms. The molecule has 1 saturated heterocycles. The van der Waals surface area contributed by atoms with E-state index in [1.807, 2.05) is 0 Å². The van der Waals surface area contributed by atoms with E-state index < -0.39 is 5.97 Å². The summed E-state index contributed by atoms with van der Waals surface area (Å²) < 4.78 is 4.61. The van der Waals surface area contributed by atoms with Crippen LogP contribution in [0.2, 0.25) is 5.02 Å². The van der Waals surface area contributed by atoms with Crippen molar-refractivity contribution in [3.63, 3.8) is 0 Å². The monoisotopic (exact) mass is 296 g/mol. The van der Waals surface area contributed by atoms with Crippen LogP contribution in [0.1, 0.15) is 29.6 Å². The summed E-state index contributed by atoms with van der Waals surface area (Å²) in [7, 11) is 1.29. The Kier molecular flexibility index (Phi) is 4.98. The summed E-state index contributed by atoms with van der Waals surface area (Å²) in [5, 5.41) is 6.30. The first-order valence-corrected chi connectivity index (χ1v) is 6.89. The lowest BCUT2D eigenvalue weighted by molar-refractivity contribution is -0.116. The van der Waals surface area contributed by atoms with E-state index in [-0.39, 0.29) is 22.5 Å². The van der Waals surface area contributed by atoms with Gasteiger partial charge in [-0.3, -0.25) is 4.79 Å². The lowest BCUT2D eigenvalue weighted by atomic mass is 10.1. The standard InChI is InChI=1S/C14H17ClN2O3/c1-20-14(19)11-5-4-10(7-12(11)15)17-13(18)8-9-3-2-6-16-9/h4-5,7,9,16H,2-3,6,8H2,1H3,(H,17,18). The molecular formula is C14H17ClN2O3. The highest BCUT2D eigenvalue weighted by molar-refractivity contribution is 6.33. The van der Waals surface area contributed by atoms with Gasteiger partial charge in [-0.25, -0.2) is 4.79 Å². The van der Waals surface area contributed by atoms with E-state index >= 15 is 0 Å². The summed E-state index contributed by atoms with van der Waals surface area (Å²) in [5.41, 5.74) is 0.857. The Bertz CT molecular complexity index is 513. The number of ether oxygens (including phenoxy) is 1. The molecule has 1 aromatic carbocycles. The zero-order chi connectivity index (χ0) is 14.5. The van der Waals surface area contributed by atoms with Crippen molar-refractivity contribution in [3.8, 4) is 0 Å². The maximum atomic E-state index is 11.9. The van der Waals surface area contributed by atoms with E-state index in [2.05, 4.69) is 15.4 Å². The number of carbonyl (C=O) groups excluding carboxylic acids is 2. The molecule has 108 valence electrons. The zero-order valence-electron chi connectivity index (χ0n) is 11.2. The SMILES string of the molecule is COC(=O)c1ccc(NC(=O)CC2CCCN2)cc1Cl. The average Bonchev–Trinajstić information content (AvgIpc) is 2.90. The molecule has 0 aromatic heterocycles. The fraction of sp³-hybridized carbons (Fsp3) is 0.429. The Morgan fingerprint density at radius 2 is 2.30 bits per heavy atom. The fourth-order valence-electron chi connectivity index (χ4n) is 2.24. The van der Waals surface area contributed by atoms with Gasteiger partial charge in [-0.1, -0.05) is 11.6 Å². The van der Waals surface area contributed by atoms with Gasteiger partial charge in [0.1, 0.15) is 0 Å². The third-order valence-corrected chi connectivity index (χ3v) is 3.57. The third-order valence-electron chi connectivity index (χ3n) is 3.25. The molecule has 2 N–H and O–H groups in total. The largest absolute Gasteiger partial charge is 0.465 e. The van der Waals surface area contributed by atoms with Gasteiger partial charge in [0.25, 0.3) is 0 Å². The van der Waals surface area contributed by atoms with Gasteiger partial charge in [0.05, 0.1) is 17.7 Å². The van der Waals surface area contributed by atoms with Crippen LogP contribution in [-0.2, 0) is 9.53 Å². The average molecular weight is 297 g/mol. The molecule has 0 radical (unpaired) electrons. The molecule has 2 rings (SSSR count). The number of hydrogen-bond acceptors (Lipinski definition) is 4. The third kappa shape index (κ3) is 3.71. The van der Waals surface area contributed by atoms with Gasteiger partial charge >= 0.3 is 5.97 Å². The van der Waals surface area contributed by atoms with Crippen molar-refractivity contribution >= 4 is 29.2 Å². The molecule has 1 atom stereocenters. The van der Waals surface area contributed by atoms with Crippen LogP contribution < -0.4 is 10.6 Å². The molecule has 0 bridgehead atoms. The second-order valence-electron chi connectivity index (χ2n) is 4.73. The molecule has 1 aromatic rings. The Labute approximate surface area is 122 Å². The zero-order valence-corrected chi connectivity index (χ0v) is 12.0. The van der Waals surface area contributed by atoms with Crippen molar-refractivity contribution < 1.29 is 14.3 Å². The fourth-order valence-corrected chi connectivity index (χ4v) is 2.49. The van der Waals surface area contributed by atoms with Gasteiger partial charge in [0, 0.05) is 18.2 Å². The maximum Gasteiger partial charge on any atom is 0.339 e. The number of halogens is 1. The Morgan fingerprint density at radius 3 is 2.90 bits per heavy atom. The minimum Gasteiger partial charge on any atom is -0.465 e. The lowest BCUT2D eigenvalue weighted by Crippen LogP contribution is -2.27. The highest BCUT2D eigenvalue weighted by atomic mass is 35.5. The highest BCUT2D eigenvalue weighted by Crippen LogP contribution is 2.22. The molecule has 5 nitrogen and oxygen atoms in total. The first-order valence-electron chi connectivity index (χ1n) is 6.51. The van der Waals surface area contributed by atoms with Crippen molar-refractivity contribution in [1.82, 2.24) is 5.32 Å². The smallest absolute Gasteiger partial charge is 0.339 e. The molecule has 1 unspecified atom stereocenters. The number of rotatable bonds is 4. The van der Waals surface area contributed by atoms with Crippen molar-refractivity contribution in [1.29, 1.82) is 0 Å². The second kappa shape index (κ2) is 6.72. The lowest BCUT2D eigenvalue weighted by Gasteiger charge is -2.11. The predicted octanol–water partition coefficient (Wildman–Crippen LogP) is 2.21. The molecule has 0 saturated carbocycles. The minimum atomic E-state index is -0.497. The summed E-state index contributed by atoms with van der Waals surface area (Å²) in [6, 6.07) is 4.98. The maximum absolute atomic E-state index is 11.9. The molecule has 1 heterocycles. The number of anilines is 1. The Hall–Kier alpha value is -1.59. The predicted molar refractivity (Wildman–Crippen MR) is 77.1 cm³/mol. The normalized spacial score (nSPS) is 17.8. The molecule has 0 aliphatic carbocycles. The van der Waals surface area contributed by atoms with Crippen molar-refractivity contribution in [2.45, 2.75) is 25.3 Å². The number of esters is 1. The van der Waals surface area contributed by atoms with E-state index in [4.69, 9.17) is 11.6 Å². The van der Waals surface area contributed by atoms with Gasteiger partial charge < -0.3 is 15.4 Å². The Balaban J connectivity index is 1.97. The van der Waals surface area contributed by atoms with Crippen LogP contribution in [0.3, 0.4) is 0 Å². The number of methoxy groups -OCH3 is 1. The molecule has 6 heteroatoms. The number of benzene rings is 1. The minimum absolute atomic E-state index is 0.0636. The molecule has 0 spiro atoms. The van der Waals surface area contributed by atoms with E-state index in [1.54, 1.807) is 12.1 Å². The van der Waals surface area contributed by atoms with E-state index in [0.717, 1.165) is 19.4 Å². The number of nitrogens with one attached hydrogen (secondary N) is 2. The van der Waals surface area contributed by atoms with E-state index in [1.165, 1.54) is 13.2 Å². The molecule has 1 fully saturated rings. The van der Waals surface area contributed by atoms with Crippen LogP contribution in [0, 0.1) is 0 Å². The quantitative estimate of drug-likeness (QED) is 0.836. The molecule has 1 aliphatic rings. The second-order valence-corrected chi connectivity index (χ2v) is 5.14. The van der Waals surface area contributed by atoms with Crippen LogP contribution in [0.4, 0.5) is 5.69 Å². The van der Waals surface area contributed by atoms with Gasteiger partial charge in [-0.05, 0) is 37.6 Å². The van der Waals surface area contributed by atoms with Crippen LogP contribution in [-0.4, -0.2) is 31.6 Å². The Morgan fingerprint density at radius 1 is 1.50 bits per heavy atom. The highest BCUT2D eigenvalue weighted by Gasteiger charge is 2.18. The van der Waals surface area contributed by atoms with Crippen LogP contribution in [0.5, 0.6) is 0 Å².